The second kappa shape index (κ2) is 12.3. The Morgan fingerprint density at radius 1 is 1.12 bits per heavy atom. The van der Waals surface area contributed by atoms with Crippen molar-refractivity contribution >= 4 is 65.1 Å². The summed E-state index contributed by atoms with van der Waals surface area (Å²) in [6.07, 6.45) is -2.06. The van der Waals surface area contributed by atoms with Crippen molar-refractivity contribution in [2.75, 3.05) is 37.0 Å². The minimum absolute atomic E-state index is 0.113. The number of benzene rings is 1. The molecule has 4 aromatic rings. The number of hydrogen-bond acceptors (Lipinski definition) is 9. The summed E-state index contributed by atoms with van der Waals surface area (Å²) in [6, 6.07) is 10.8. The molecular weight excluding hydrogens is 614 g/mol. The van der Waals surface area contributed by atoms with E-state index in [9.17, 15) is 30.0 Å². The minimum Gasteiger partial charge on any atom is -0.475 e. The number of hydrogen-bond donors (Lipinski definition) is 2. The van der Waals surface area contributed by atoms with Crippen molar-refractivity contribution in [3.05, 3.63) is 52.9 Å². The molecule has 0 amide bonds. The van der Waals surface area contributed by atoms with Crippen LogP contribution in [0.2, 0.25) is 0 Å². The maximum Gasteiger partial charge on any atom is 0.490 e. The van der Waals surface area contributed by atoms with Crippen LogP contribution in [-0.2, 0) is 31.2 Å². The summed E-state index contributed by atoms with van der Waals surface area (Å²) in [6.45, 7) is 1.05. The van der Waals surface area contributed by atoms with Crippen molar-refractivity contribution in [3.63, 3.8) is 0 Å². The lowest BCUT2D eigenvalue weighted by Crippen LogP contribution is -2.26. The molecule has 0 spiro atoms. The number of aromatic amines is 1. The minimum atomic E-state index is -5.08. The average molecular weight is 639 g/mol. The zero-order chi connectivity index (χ0) is 29.9. The number of fused-ring (bicyclic) bond motifs is 1. The standard InChI is InChI=1S/C21H24N4O4S4.C2HF3O2/c1-24(9-11-32(3,26)27)14-16-13-22-21(31-16)17-12-15-6-4-7-18(20(15)23-17)25(2)33(28,29)19-8-5-10-30-19;3-2(4,5)1(6)7/h4-8,10,12-13,23H,9,11,14H2,1-3H3;(H,6,7). The van der Waals surface area contributed by atoms with E-state index in [-0.39, 0.29) is 5.75 Å². The molecular formula is C23H25F3N4O6S4. The Bertz CT molecular complexity index is 1680. The first-order chi connectivity index (χ1) is 18.5. The zero-order valence-electron chi connectivity index (χ0n) is 21.3. The Kier molecular flexibility index (Phi) is 9.66. The van der Waals surface area contributed by atoms with E-state index in [0.29, 0.717) is 23.0 Å². The fourth-order valence-electron chi connectivity index (χ4n) is 3.36. The molecule has 0 radical (unpaired) electrons. The molecule has 0 unspecified atom stereocenters. The average Bonchev–Trinajstić information content (AvgIpc) is 3.62. The zero-order valence-corrected chi connectivity index (χ0v) is 24.6. The number of aromatic nitrogens is 2. The molecule has 0 aliphatic rings. The van der Waals surface area contributed by atoms with Gasteiger partial charge in [0.2, 0.25) is 0 Å². The third kappa shape index (κ3) is 8.03. The molecule has 0 bridgehead atoms. The van der Waals surface area contributed by atoms with Gasteiger partial charge in [0.25, 0.3) is 10.0 Å². The van der Waals surface area contributed by atoms with Gasteiger partial charge in [0.1, 0.15) is 19.1 Å². The molecule has 1 aromatic carbocycles. The van der Waals surface area contributed by atoms with Crippen LogP contribution in [0.25, 0.3) is 21.6 Å². The molecule has 218 valence electrons. The second-order valence-electron chi connectivity index (χ2n) is 8.63. The number of thiophene rings is 1. The molecule has 10 nitrogen and oxygen atoms in total. The number of alkyl halides is 3. The quantitative estimate of drug-likeness (QED) is 0.277. The third-order valence-electron chi connectivity index (χ3n) is 5.38. The summed E-state index contributed by atoms with van der Waals surface area (Å²) >= 11 is 2.70. The Morgan fingerprint density at radius 2 is 1.80 bits per heavy atom. The van der Waals surface area contributed by atoms with Gasteiger partial charge >= 0.3 is 12.1 Å². The first-order valence-electron chi connectivity index (χ1n) is 11.2. The van der Waals surface area contributed by atoms with Gasteiger partial charge < -0.3 is 15.0 Å². The number of rotatable bonds is 9. The highest BCUT2D eigenvalue weighted by Crippen LogP contribution is 2.34. The molecule has 2 N–H and O–H groups in total. The number of H-pyrrole nitrogens is 1. The van der Waals surface area contributed by atoms with Gasteiger partial charge in [-0.1, -0.05) is 18.2 Å². The normalized spacial score (nSPS) is 12.4. The first kappa shape index (κ1) is 31.5. The van der Waals surface area contributed by atoms with E-state index in [1.54, 1.807) is 36.8 Å². The van der Waals surface area contributed by atoms with Crippen LogP contribution in [0, 0.1) is 0 Å². The van der Waals surface area contributed by atoms with Crippen molar-refractivity contribution in [1.82, 2.24) is 14.9 Å². The number of carboxylic acid groups (broad SMARTS) is 1. The van der Waals surface area contributed by atoms with E-state index in [1.165, 1.54) is 33.2 Å². The van der Waals surface area contributed by atoms with Crippen LogP contribution in [0.4, 0.5) is 18.9 Å². The first-order valence-corrected chi connectivity index (χ1v) is 16.4. The lowest BCUT2D eigenvalue weighted by atomic mass is 10.2. The van der Waals surface area contributed by atoms with E-state index in [2.05, 4.69) is 9.97 Å². The Labute approximate surface area is 236 Å². The van der Waals surface area contributed by atoms with E-state index in [0.717, 1.165) is 26.5 Å². The SMILES string of the molecule is CN(CCS(C)(=O)=O)Cc1cnc(-c2cc3cccc(N(C)S(=O)(=O)c4cccs4)c3[nH]2)s1.O=C(O)C(F)(F)F. The second-order valence-corrected chi connectivity index (χ2v) is 15.2. The third-order valence-corrected chi connectivity index (χ3v) is 10.5. The topological polar surface area (TPSA) is 141 Å². The van der Waals surface area contributed by atoms with Gasteiger partial charge in [-0.05, 0) is 30.6 Å². The summed E-state index contributed by atoms with van der Waals surface area (Å²) < 4.78 is 82.1. The highest BCUT2D eigenvalue weighted by atomic mass is 32.2. The molecule has 3 aromatic heterocycles. The summed E-state index contributed by atoms with van der Waals surface area (Å²) in [7, 11) is -3.22. The number of thiazole rings is 1. The van der Waals surface area contributed by atoms with E-state index < -0.39 is 32.0 Å². The van der Waals surface area contributed by atoms with E-state index in [4.69, 9.17) is 9.90 Å². The lowest BCUT2D eigenvalue weighted by molar-refractivity contribution is -0.192. The van der Waals surface area contributed by atoms with Gasteiger partial charge in [0, 0.05) is 42.9 Å². The van der Waals surface area contributed by atoms with Gasteiger partial charge in [-0.25, -0.2) is 26.6 Å². The van der Waals surface area contributed by atoms with Crippen molar-refractivity contribution in [2.24, 2.45) is 0 Å². The smallest absolute Gasteiger partial charge is 0.475 e. The number of carbonyl (C=O) groups is 1. The van der Waals surface area contributed by atoms with Gasteiger partial charge in [-0.3, -0.25) is 4.31 Å². The number of sulfone groups is 1. The molecule has 0 aliphatic heterocycles. The van der Waals surface area contributed by atoms with Crippen LogP contribution in [0.1, 0.15) is 4.88 Å². The summed E-state index contributed by atoms with van der Waals surface area (Å²) in [5.74, 6) is -2.64. The van der Waals surface area contributed by atoms with Crippen LogP contribution in [0.3, 0.4) is 0 Å². The molecule has 40 heavy (non-hydrogen) atoms. The number of nitrogens with zero attached hydrogens (tertiary/aromatic N) is 3. The number of anilines is 1. The number of halogens is 3. The Balaban J connectivity index is 0.000000559. The molecule has 3 heterocycles. The highest BCUT2D eigenvalue weighted by molar-refractivity contribution is 7.94. The Hall–Kier alpha value is -2.99. The van der Waals surface area contributed by atoms with Crippen molar-refractivity contribution in [3.8, 4) is 10.7 Å². The Morgan fingerprint density at radius 3 is 2.38 bits per heavy atom. The number of nitrogens with one attached hydrogen (secondary N) is 1. The molecule has 0 saturated heterocycles. The van der Waals surface area contributed by atoms with Crippen LogP contribution in [-0.4, -0.2) is 81.6 Å². The van der Waals surface area contributed by atoms with E-state index >= 15 is 0 Å². The van der Waals surface area contributed by atoms with Crippen molar-refractivity contribution in [2.45, 2.75) is 16.9 Å². The molecule has 4 rings (SSSR count). The van der Waals surface area contributed by atoms with Crippen LogP contribution in [0.15, 0.2) is 52.2 Å². The van der Waals surface area contributed by atoms with Gasteiger partial charge in [0.15, 0.2) is 0 Å². The fraction of sp³-hybridized carbons (Fsp3) is 0.304. The van der Waals surface area contributed by atoms with E-state index in [1.807, 2.05) is 30.1 Å². The van der Waals surface area contributed by atoms with Crippen molar-refractivity contribution < 1.29 is 39.9 Å². The van der Waals surface area contributed by atoms with Crippen LogP contribution in [0.5, 0.6) is 0 Å². The predicted molar refractivity (Wildman–Crippen MR) is 149 cm³/mol. The lowest BCUT2D eigenvalue weighted by Gasteiger charge is -2.19. The molecule has 0 fully saturated rings. The number of sulfonamides is 1. The van der Waals surface area contributed by atoms with Gasteiger partial charge in [-0.2, -0.15) is 13.2 Å². The van der Waals surface area contributed by atoms with Crippen molar-refractivity contribution in [1.29, 1.82) is 0 Å². The maximum atomic E-state index is 13.0. The summed E-state index contributed by atoms with van der Waals surface area (Å²) in [4.78, 5) is 19.7. The van der Waals surface area contributed by atoms with Crippen LogP contribution < -0.4 is 4.31 Å². The van der Waals surface area contributed by atoms with Crippen LogP contribution >= 0.6 is 22.7 Å². The molecule has 0 aliphatic carbocycles. The monoisotopic (exact) mass is 638 g/mol. The maximum absolute atomic E-state index is 13.0. The fourth-order valence-corrected chi connectivity index (χ4v) is 7.34. The van der Waals surface area contributed by atoms with Gasteiger partial charge in [0.05, 0.1) is 22.7 Å². The molecule has 17 heteroatoms. The summed E-state index contributed by atoms with van der Waals surface area (Å²) in [5, 5.41) is 10.5. The summed E-state index contributed by atoms with van der Waals surface area (Å²) in [5.41, 5.74) is 2.08. The predicted octanol–water partition coefficient (Wildman–Crippen LogP) is 4.29. The molecule has 0 atom stereocenters. The van der Waals surface area contributed by atoms with Gasteiger partial charge in [-0.15, -0.1) is 22.7 Å². The number of carboxylic acids is 1. The molecule has 0 saturated carbocycles. The number of para-hydroxylation sites is 1. The largest absolute Gasteiger partial charge is 0.490 e. The highest BCUT2D eigenvalue weighted by Gasteiger charge is 2.38. The number of aliphatic carboxylic acids is 1.